The molecule has 0 radical (unpaired) electrons. The maximum Gasteiger partial charge on any atom is 1.00 e. The molecule has 28 heavy (non-hydrogen) atoms. The van der Waals surface area contributed by atoms with E-state index in [-0.39, 0.29) is 51.4 Å². The Morgan fingerprint density at radius 2 is 0.750 bits per heavy atom. The van der Waals surface area contributed by atoms with Crippen molar-refractivity contribution in [1.82, 2.24) is 0 Å². The molecule has 0 aromatic heterocycles. The SMILES string of the molecule is C(=C\[B-](c1ccccc1)(c1ccccc1)c1ccccc1)/c1ccccc1.[K+]. The normalized spacial score (nSPS) is 11.1. The zero-order valence-electron chi connectivity index (χ0n) is 16.3. The summed E-state index contributed by atoms with van der Waals surface area (Å²) in [5.74, 6) is 2.40. The minimum Gasteiger partial charge on any atom is -0.231 e. The van der Waals surface area contributed by atoms with Gasteiger partial charge in [-0.15, -0.1) is 0 Å². The molecule has 0 aliphatic heterocycles. The van der Waals surface area contributed by atoms with Gasteiger partial charge >= 0.3 is 51.4 Å². The van der Waals surface area contributed by atoms with Crippen LogP contribution in [-0.2, 0) is 0 Å². The maximum atomic E-state index is 2.40. The first-order valence-corrected chi connectivity index (χ1v) is 9.46. The summed E-state index contributed by atoms with van der Waals surface area (Å²) in [6, 6.07) is 43.1. The summed E-state index contributed by atoms with van der Waals surface area (Å²) in [6.45, 7) is 0. The predicted molar refractivity (Wildman–Crippen MR) is 119 cm³/mol. The summed E-state index contributed by atoms with van der Waals surface area (Å²) >= 11 is 0. The topological polar surface area (TPSA) is 0 Å². The average Bonchev–Trinajstić information content (AvgIpc) is 2.77. The second kappa shape index (κ2) is 10.2. The molecule has 0 fully saturated rings. The van der Waals surface area contributed by atoms with Gasteiger partial charge in [0.05, 0.1) is 0 Å². The van der Waals surface area contributed by atoms with E-state index in [0.717, 1.165) is 0 Å². The molecule has 4 aromatic carbocycles. The fourth-order valence-corrected chi connectivity index (χ4v) is 4.00. The molecular weight excluding hydrogens is 362 g/mol. The number of hydrogen-bond acceptors (Lipinski definition) is 0. The van der Waals surface area contributed by atoms with Crippen LogP contribution in [0.4, 0.5) is 0 Å². The van der Waals surface area contributed by atoms with Crippen molar-refractivity contribution >= 4 is 28.6 Å². The smallest absolute Gasteiger partial charge is 0.231 e. The molecule has 0 heterocycles. The summed E-state index contributed by atoms with van der Waals surface area (Å²) in [7, 11) is 0. The first-order chi connectivity index (χ1) is 13.4. The standard InChI is InChI=1S/C26H22B.K/c1-5-13-23(14-6-1)21-22-27(24-15-7-2-8-16-24,25-17-9-3-10-18-25)26-19-11-4-12-20-26;/h1-22H;/q-1;+1/b22-21+;. The second-order valence-electron chi connectivity index (χ2n) is 6.93. The zero-order valence-corrected chi connectivity index (χ0v) is 19.4. The molecule has 2 heteroatoms. The van der Waals surface area contributed by atoms with Crippen LogP contribution in [0.1, 0.15) is 5.56 Å². The van der Waals surface area contributed by atoms with Crippen molar-refractivity contribution in [3.63, 3.8) is 0 Å². The van der Waals surface area contributed by atoms with Gasteiger partial charge in [-0.3, -0.25) is 0 Å². The van der Waals surface area contributed by atoms with Crippen LogP contribution in [0.2, 0.25) is 0 Å². The van der Waals surface area contributed by atoms with E-state index in [4.69, 9.17) is 0 Å². The van der Waals surface area contributed by atoms with Crippen LogP contribution in [-0.4, -0.2) is 6.15 Å². The summed E-state index contributed by atoms with van der Waals surface area (Å²) < 4.78 is 0. The van der Waals surface area contributed by atoms with Crippen LogP contribution in [0.25, 0.3) is 6.08 Å². The average molecular weight is 384 g/mol. The fraction of sp³-hybridized carbons (Fsp3) is 0. The van der Waals surface area contributed by atoms with Crippen molar-refractivity contribution in [3.05, 3.63) is 133 Å². The summed E-state index contributed by atoms with van der Waals surface area (Å²) in [6.07, 6.45) is 1.04. The predicted octanol–water partition coefficient (Wildman–Crippen LogP) is 1.41. The Kier molecular flexibility index (Phi) is 7.66. The van der Waals surface area contributed by atoms with Crippen molar-refractivity contribution in [2.75, 3.05) is 0 Å². The molecule has 0 N–H and O–H groups in total. The van der Waals surface area contributed by atoms with E-state index < -0.39 is 6.15 Å². The van der Waals surface area contributed by atoms with E-state index in [1.54, 1.807) is 0 Å². The third kappa shape index (κ3) is 4.48. The van der Waals surface area contributed by atoms with Crippen LogP contribution in [0, 0.1) is 0 Å². The number of rotatable bonds is 5. The Labute approximate surface area is 210 Å². The molecule has 0 amide bonds. The van der Waals surface area contributed by atoms with Gasteiger partial charge in [0.15, 0.2) is 0 Å². The molecule has 0 aliphatic rings. The van der Waals surface area contributed by atoms with Gasteiger partial charge in [-0.25, -0.2) is 5.98 Å². The van der Waals surface area contributed by atoms with E-state index in [0.29, 0.717) is 0 Å². The molecule has 4 aromatic rings. The van der Waals surface area contributed by atoms with Gasteiger partial charge in [-0.1, -0.05) is 127 Å². The van der Waals surface area contributed by atoms with Crippen LogP contribution in [0.5, 0.6) is 0 Å². The van der Waals surface area contributed by atoms with E-state index >= 15 is 0 Å². The third-order valence-corrected chi connectivity index (χ3v) is 5.35. The molecule has 0 unspecified atom stereocenters. The van der Waals surface area contributed by atoms with Crippen molar-refractivity contribution in [3.8, 4) is 0 Å². The van der Waals surface area contributed by atoms with Gasteiger partial charge in [0.25, 0.3) is 0 Å². The molecule has 0 aliphatic carbocycles. The summed E-state index contributed by atoms with van der Waals surface area (Å²) in [5.41, 5.74) is 5.18. The fourth-order valence-electron chi connectivity index (χ4n) is 4.00. The Bertz CT molecular complexity index is 901. The van der Waals surface area contributed by atoms with Gasteiger partial charge in [-0.2, -0.15) is 16.4 Å². The van der Waals surface area contributed by atoms with Gasteiger partial charge in [-0.05, 0) is 5.56 Å². The Morgan fingerprint density at radius 1 is 0.429 bits per heavy atom. The first kappa shape index (κ1) is 21.0. The Morgan fingerprint density at radius 3 is 1.11 bits per heavy atom. The largest absolute Gasteiger partial charge is 1.00 e. The molecule has 0 saturated heterocycles. The second-order valence-corrected chi connectivity index (χ2v) is 6.93. The van der Waals surface area contributed by atoms with Crippen LogP contribution >= 0.6 is 0 Å². The minimum absolute atomic E-state index is 0. The van der Waals surface area contributed by atoms with Crippen LogP contribution in [0.15, 0.2) is 127 Å². The quantitative estimate of drug-likeness (QED) is 0.457. The minimum atomic E-state index is -1.22. The van der Waals surface area contributed by atoms with Crippen LogP contribution < -0.4 is 67.8 Å². The third-order valence-electron chi connectivity index (χ3n) is 5.35. The van der Waals surface area contributed by atoms with Crippen molar-refractivity contribution in [1.29, 1.82) is 0 Å². The van der Waals surface area contributed by atoms with Gasteiger partial charge < -0.3 is 0 Å². The van der Waals surface area contributed by atoms with Crippen LogP contribution in [0.3, 0.4) is 0 Å². The molecule has 0 spiro atoms. The molecule has 0 atom stereocenters. The Balaban J connectivity index is 0.00000225. The molecule has 0 bridgehead atoms. The van der Waals surface area contributed by atoms with Gasteiger partial charge in [0.1, 0.15) is 6.15 Å². The molecule has 0 saturated carbocycles. The number of hydrogen-bond donors (Lipinski definition) is 0. The Hall–Kier alpha value is -1.68. The summed E-state index contributed by atoms with van der Waals surface area (Å²) in [4.78, 5) is 0. The first-order valence-electron chi connectivity index (χ1n) is 9.46. The van der Waals surface area contributed by atoms with Crippen molar-refractivity contribution < 1.29 is 51.4 Å². The molecule has 130 valence electrons. The number of benzene rings is 4. The van der Waals surface area contributed by atoms with E-state index in [9.17, 15) is 0 Å². The summed E-state index contributed by atoms with van der Waals surface area (Å²) in [5, 5.41) is 0. The molecular formula is C26H22BK. The zero-order chi connectivity index (χ0) is 18.4. The van der Waals surface area contributed by atoms with E-state index in [1.165, 1.54) is 22.0 Å². The van der Waals surface area contributed by atoms with Crippen molar-refractivity contribution in [2.45, 2.75) is 0 Å². The molecule has 4 rings (SSSR count). The van der Waals surface area contributed by atoms with Gasteiger partial charge in [0.2, 0.25) is 0 Å². The monoisotopic (exact) mass is 384 g/mol. The molecule has 0 nitrogen and oxygen atoms in total. The van der Waals surface area contributed by atoms with E-state index in [2.05, 4.69) is 133 Å². The maximum absolute atomic E-state index is 2.40. The van der Waals surface area contributed by atoms with E-state index in [1.807, 2.05) is 0 Å². The van der Waals surface area contributed by atoms with Gasteiger partial charge in [0, 0.05) is 0 Å². The van der Waals surface area contributed by atoms with Crippen molar-refractivity contribution in [2.24, 2.45) is 0 Å².